The van der Waals surface area contributed by atoms with Crippen LogP contribution in [0, 0.1) is 0 Å². The average Bonchev–Trinajstić information content (AvgIpc) is 3.17. The second-order valence-corrected chi connectivity index (χ2v) is 8.47. The van der Waals surface area contributed by atoms with Crippen molar-refractivity contribution in [1.82, 2.24) is 0 Å². The Labute approximate surface area is 196 Å². The highest BCUT2D eigenvalue weighted by molar-refractivity contribution is 6.38. The summed E-state index contributed by atoms with van der Waals surface area (Å²) in [7, 11) is 4.31. The van der Waals surface area contributed by atoms with Crippen LogP contribution in [0.5, 0.6) is 0 Å². The molecule has 162 valence electrons. The molecule has 0 aliphatic carbocycles. The molecule has 33 heavy (non-hydrogen) atoms. The Morgan fingerprint density at radius 1 is 0.697 bits per heavy atom. The number of hydrogen-bond donors (Lipinski definition) is 0. The van der Waals surface area contributed by atoms with E-state index in [0.717, 1.165) is 6.54 Å². The van der Waals surface area contributed by atoms with E-state index >= 15 is 0 Å². The van der Waals surface area contributed by atoms with Crippen LogP contribution in [0.1, 0.15) is 29.2 Å². The molecule has 0 amide bonds. The molecule has 1 aliphatic heterocycles. The Hall–Kier alpha value is -3.91. The first-order chi connectivity index (χ1) is 16.2. The van der Waals surface area contributed by atoms with E-state index in [-0.39, 0.29) is 0 Å². The van der Waals surface area contributed by atoms with Crippen LogP contribution in [0.4, 0.5) is 11.4 Å². The lowest BCUT2D eigenvalue weighted by Crippen LogP contribution is -2.15. The van der Waals surface area contributed by atoms with Crippen LogP contribution in [0.2, 0.25) is 0 Å². The number of benzene rings is 4. The van der Waals surface area contributed by atoms with Crippen LogP contribution in [0.3, 0.4) is 0 Å². The van der Waals surface area contributed by atoms with E-state index in [1.54, 1.807) is 0 Å². The second kappa shape index (κ2) is 8.91. The highest BCUT2D eigenvalue weighted by atomic mass is 15.1. The van der Waals surface area contributed by atoms with E-state index in [1.807, 2.05) is 0 Å². The van der Waals surface area contributed by atoms with Crippen molar-refractivity contribution in [2.75, 3.05) is 25.5 Å². The molecule has 0 atom stereocenters. The molecular weight excluding hydrogens is 400 g/mol. The molecule has 0 saturated carbocycles. The Kier molecular flexibility index (Phi) is 5.66. The van der Waals surface area contributed by atoms with E-state index in [1.165, 1.54) is 50.5 Å². The third kappa shape index (κ3) is 3.78. The molecule has 2 nitrogen and oxygen atoms in total. The summed E-state index contributed by atoms with van der Waals surface area (Å²) in [6, 6.07) is 39.2. The predicted molar refractivity (Wildman–Crippen MR) is 141 cm³/mol. The SMILES string of the molecule is CCN(C)c1ccc(C(=C2C(c3ccccc3)=[N+](C)c3ccccc32)c2ccccc2)cc1. The summed E-state index contributed by atoms with van der Waals surface area (Å²) in [6.45, 7) is 3.16. The number of fused-ring (bicyclic) bond motifs is 1. The summed E-state index contributed by atoms with van der Waals surface area (Å²) in [5, 5.41) is 0. The van der Waals surface area contributed by atoms with E-state index in [4.69, 9.17) is 0 Å². The third-order valence-corrected chi connectivity index (χ3v) is 6.54. The fourth-order valence-electron chi connectivity index (χ4n) is 4.71. The van der Waals surface area contributed by atoms with Gasteiger partial charge in [0.1, 0.15) is 7.05 Å². The zero-order valence-electron chi connectivity index (χ0n) is 19.5. The van der Waals surface area contributed by atoms with Gasteiger partial charge in [-0.2, -0.15) is 4.58 Å². The van der Waals surface area contributed by atoms with Gasteiger partial charge < -0.3 is 4.90 Å². The smallest absolute Gasteiger partial charge is 0.221 e. The van der Waals surface area contributed by atoms with Crippen molar-refractivity contribution < 1.29 is 4.58 Å². The summed E-state index contributed by atoms with van der Waals surface area (Å²) in [4.78, 5) is 2.26. The van der Waals surface area contributed by atoms with E-state index < -0.39 is 0 Å². The topological polar surface area (TPSA) is 6.25 Å². The highest BCUT2D eigenvalue weighted by Crippen LogP contribution is 2.42. The summed E-state index contributed by atoms with van der Waals surface area (Å²) in [5.74, 6) is 0. The maximum Gasteiger partial charge on any atom is 0.221 e. The second-order valence-electron chi connectivity index (χ2n) is 8.47. The monoisotopic (exact) mass is 429 g/mol. The first kappa shape index (κ1) is 21.0. The first-order valence-corrected chi connectivity index (χ1v) is 11.6. The summed E-state index contributed by atoms with van der Waals surface area (Å²) >= 11 is 0. The maximum atomic E-state index is 2.34. The standard InChI is InChI=1S/C31H29N2/c1-4-32(2)26-21-19-24(20-22-26)29(23-13-7-5-8-14-23)30-27-17-11-12-18-28(27)33(3)31(30)25-15-9-6-10-16-25/h5-22H,4H2,1-3H3/q+1. The lowest BCUT2D eigenvalue weighted by atomic mass is 9.86. The number of para-hydroxylation sites is 1. The summed E-state index contributed by atoms with van der Waals surface area (Å²) in [5.41, 5.74) is 11.2. The maximum absolute atomic E-state index is 2.34. The van der Waals surface area contributed by atoms with Gasteiger partial charge in [0.05, 0.1) is 11.1 Å². The van der Waals surface area contributed by atoms with Gasteiger partial charge in [-0.05, 0) is 48.4 Å². The number of allylic oxidation sites excluding steroid dienone is 1. The molecule has 0 bridgehead atoms. The fraction of sp³-hybridized carbons (Fsp3) is 0.129. The fourth-order valence-corrected chi connectivity index (χ4v) is 4.71. The molecule has 4 aromatic rings. The normalized spacial score (nSPS) is 14.3. The van der Waals surface area contributed by atoms with Crippen LogP contribution in [0.25, 0.3) is 11.1 Å². The Morgan fingerprint density at radius 2 is 1.27 bits per heavy atom. The molecule has 1 aliphatic rings. The highest BCUT2D eigenvalue weighted by Gasteiger charge is 2.36. The van der Waals surface area contributed by atoms with Crippen molar-refractivity contribution in [3.8, 4) is 0 Å². The zero-order chi connectivity index (χ0) is 22.8. The minimum absolute atomic E-state index is 0.982. The lowest BCUT2D eigenvalue weighted by Gasteiger charge is -2.18. The van der Waals surface area contributed by atoms with Crippen molar-refractivity contribution in [1.29, 1.82) is 0 Å². The number of nitrogens with zero attached hydrogens (tertiary/aromatic N) is 2. The van der Waals surface area contributed by atoms with Gasteiger partial charge in [-0.25, -0.2) is 0 Å². The molecule has 0 radical (unpaired) electrons. The van der Waals surface area contributed by atoms with Crippen molar-refractivity contribution in [3.05, 3.63) is 131 Å². The van der Waals surface area contributed by atoms with E-state index in [9.17, 15) is 0 Å². The molecule has 1 heterocycles. The Balaban J connectivity index is 1.83. The van der Waals surface area contributed by atoms with Crippen molar-refractivity contribution in [3.63, 3.8) is 0 Å². The first-order valence-electron chi connectivity index (χ1n) is 11.6. The number of hydrogen-bond acceptors (Lipinski definition) is 1. The van der Waals surface area contributed by atoms with Crippen molar-refractivity contribution in [2.24, 2.45) is 0 Å². The minimum atomic E-state index is 0.982. The van der Waals surface area contributed by atoms with Crippen LogP contribution in [-0.4, -0.2) is 30.9 Å². The minimum Gasteiger partial charge on any atom is -0.375 e. The largest absolute Gasteiger partial charge is 0.375 e. The molecule has 0 unspecified atom stereocenters. The molecule has 0 spiro atoms. The Bertz CT molecular complexity index is 1330. The summed E-state index contributed by atoms with van der Waals surface area (Å²) < 4.78 is 2.34. The molecular formula is C31H29N2+. The van der Waals surface area contributed by atoms with Crippen molar-refractivity contribution >= 4 is 28.2 Å². The summed E-state index contributed by atoms with van der Waals surface area (Å²) in [6.07, 6.45) is 0. The van der Waals surface area contributed by atoms with Crippen molar-refractivity contribution in [2.45, 2.75) is 6.92 Å². The molecule has 2 heteroatoms. The van der Waals surface area contributed by atoms with Gasteiger partial charge in [0.25, 0.3) is 0 Å². The molecule has 0 aromatic heterocycles. The van der Waals surface area contributed by atoms with Gasteiger partial charge in [0, 0.05) is 36.5 Å². The molecule has 0 fully saturated rings. The zero-order valence-corrected chi connectivity index (χ0v) is 19.5. The van der Waals surface area contributed by atoms with Crippen LogP contribution in [-0.2, 0) is 0 Å². The molecule has 4 aromatic carbocycles. The average molecular weight is 430 g/mol. The van der Waals surface area contributed by atoms with Crippen LogP contribution >= 0.6 is 0 Å². The lowest BCUT2D eigenvalue weighted by molar-refractivity contribution is -0.400. The third-order valence-electron chi connectivity index (χ3n) is 6.54. The number of rotatable bonds is 5. The van der Waals surface area contributed by atoms with Crippen LogP contribution in [0.15, 0.2) is 109 Å². The Morgan fingerprint density at radius 3 is 1.94 bits per heavy atom. The molecule has 5 rings (SSSR count). The quantitative estimate of drug-likeness (QED) is 0.314. The predicted octanol–water partition coefficient (Wildman–Crippen LogP) is 6.88. The van der Waals surface area contributed by atoms with E-state index in [0.29, 0.717) is 0 Å². The molecule has 0 saturated heterocycles. The van der Waals surface area contributed by atoms with Crippen LogP contribution < -0.4 is 4.90 Å². The van der Waals surface area contributed by atoms with Gasteiger partial charge in [0.2, 0.25) is 11.4 Å². The molecule has 0 N–H and O–H groups in total. The van der Waals surface area contributed by atoms with Gasteiger partial charge in [-0.1, -0.05) is 72.8 Å². The van der Waals surface area contributed by atoms with Gasteiger partial charge in [-0.3, -0.25) is 0 Å². The van der Waals surface area contributed by atoms with Gasteiger partial charge in [0.15, 0.2) is 0 Å². The van der Waals surface area contributed by atoms with Gasteiger partial charge in [-0.15, -0.1) is 0 Å². The number of anilines is 1. The van der Waals surface area contributed by atoms with E-state index in [2.05, 4.69) is 140 Å². The van der Waals surface area contributed by atoms with Gasteiger partial charge >= 0.3 is 0 Å².